The molecule has 4 nitrogen and oxygen atoms in total. The van der Waals surface area contributed by atoms with Crippen molar-refractivity contribution in [2.45, 2.75) is 0 Å². The van der Waals surface area contributed by atoms with Gasteiger partial charge in [-0.25, -0.2) is 15.0 Å². The zero-order chi connectivity index (χ0) is 7.68. The molecule has 0 atom stereocenters. The third kappa shape index (κ3) is 0.797. The molecule has 0 bridgehead atoms. The smallest absolute Gasteiger partial charge is 0.181 e. The number of fused-ring (bicyclic) bond motifs is 1. The van der Waals surface area contributed by atoms with Crippen LogP contribution in [0.5, 0.6) is 0 Å². The van der Waals surface area contributed by atoms with Crippen LogP contribution < -0.4 is 0 Å². The molecule has 0 radical (unpaired) electrons. The van der Waals surface area contributed by atoms with Crippen LogP contribution in [0.2, 0.25) is 0 Å². The molecule has 0 spiro atoms. The Morgan fingerprint density at radius 3 is 3.18 bits per heavy atom. The van der Waals surface area contributed by atoms with Gasteiger partial charge in [-0.3, -0.25) is 0 Å². The van der Waals surface area contributed by atoms with Gasteiger partial charge in [-0.05, 0) is 0 Å². The van der Waals surface area contributed by atoms with Gasteiger partial charge < -0.3 is 4.57 Å². The highest BCUT2D eigenvalue weighted by molar-refractivity contribution is 5.71. The Kier molecular flexibility index (Phi) is 1.18. The van der Waals surface area contributed by atoms with E-state index in [4.69, 9.17) is 0 Å². The van der Waals surface area contributed by atoms with E-state index in [1.807, 2.05) is 0 Å². The van der Waals surface area contributed by atoms with E-state index in [0.29, 0.717) is 5.65 Å². The van der Waals surface area contributed by atoms with Gasteiger partial charge in [0.1, 0.15) is 18.2 Å². The van der Waals surface area contributed by atoms with Gasteiger partial charge in [0.05, 0.1) is 6.20 Å². The van der Waals surface area contributed by atoms with Crippen molar-refractivity contribution in [1.29, 1.82) is 0 Å². The van der Waals surface area contributed by atoms with Crippen LogP contribution in [0.3, 0.4) is 0 Å². The molecule has 0 aliphatic rings. The zero-order valence-corrected chi connectivity index (χ0v) is 5.81. The van der Waals surface area contributed by atoms with E-state index >= 15 is 0 Å². The van der Waals surface area contributed by atoms with Crippen molar-refractivity contribution >= 4 is 17.4 Å². The van der Waals surface area contributed by atoms with Crippen molar-refractivity contribution in [1.82, 2.24) is 19.5 Å². The van der Waals surface area contributed by atoms with E-state index < -0.39 is 0 Å². The molecule has 0 unspecified atom stereocenters. The summed E-state index contributed by atoms with van der Waals surface area (Å²) >= 11 is 0. The number of hydrogen-bond acceptors (Lipinski definition) is 3. The second kappa shape index (κ2) is 2.16. The lowest BCUT2D eigenvalue weighted by Gasteiger charge is -1.90. The number of rotatable bonds is 1. The molecule has 4 heteroatoms. The van der Waals surface area contributed by atoms with E-state index in [1.165, 1.54) is 6.33 Å². The first kappa shape index (κ1) is 6.03. The molecule has 2 aromatic heterocycles. The molecule has 11 heavy (non-hydrogen) atoms. The van der Waals surface area contributed by atoms with Crippen LogP contribution in [0.1, 0.15) is 0 Å². The Balaban J connectivity index is 2.86. The highest BCUT2D eigenvalue weighted by Crippen LogP contribution is 2.06. The average Bonchev–Trinajstić information content (AvgIpc) is 2.47. The molecule has 0 fully saturated rings. The second-order valence-corrected chi connectivity index (χ2v) is 2.07. The van der Waals surface area contributed by atoms with E-state index in [0.717, 1.165) is 5.52 Å². The average molecular weight is 146 g/mol. The van der Waals surface area contributed by atoms with Crippen LogP contribution >= 0.6 is 0 Å². The van der Waals surface area contributed by atoms with E-state index in [1.54, 1.807) is 23.3 Å². The lowest BCUT2D eigenvalue weighted by atomic mass is 10.5. The molecule has 0 aliphatic heterocycles. The Bertz CT molecular complexity index is 390. The quantitative estimate of drug-likeness (QED) is 0.601. The van der Waals surface area contributed by atoms with Crippen molar-refractivity contribution in [2.24, 2.45) is 0 Å². The van der Waals surface area contributed by atoms with Crippen LogP contribution in [0.4, 0.5) is 0 Å². The fraction of sp³-hybridized carbons (Fsp3) is 0. The zero-order valence-electron chi connectivity index (χ0n) is 5.81. The van der Waals surface area contributed by atoms with Gasteiger partial charge in [0.15, 0.2) is 5.65 Å². The molecule has 0 N–H and O–H groups in total. The van der Waals surface area contributed by atoms with Gasteiger partial charge in [-0.15, -0.1) is 0 Å². The molecular weight excluding hydrogens is 140 g/mol. The SMILES string of the molecule is C=Cn1cnc2ncncc21. The maximum absolute atomic E-state index is 4.03. The summed E-state index contributed by atoms with van der Waals surface area (Å²) in [5.74, 6) is 0. The number of aromatic nitrogens is 4. The largest absolute Gasteiger partial charge is 0.304 e. The van der Waals surface area contributed by atoms with Crippen LogP contribution in [0.15, 0.2) is 25.4 Å². The summed E-state index contributed by atoms with van der Waals surface area (Å²) in [6.45, 7) is 3.62. The third-order valence-electron chi connectivity index (χ3n) is 1.45. The summed E-state index contributed by atoms with van der Waals surface area (Å²) in [6.07, 6.45) is 6.50. The molecule has 0 aliphatic carbocycles. The summed E-state index contributed by atoms with van der Waals surface area (Å²) in [7, 11) is 0. The van der Waals surface area contributed by atoms with Crippen molar-refractivity contribution < 1.29 is 0 Å². The lowest BCUT2D eigenvalue weighted by Crippen LogP contribution is -1.83. The first-order chi connectivity index (χ1) is 5.42. The van der Waals surface area contributed by atoms with Crippen LogP contribution in [-0.2, 0) is 0 Å². The number of hydrogen-bond donors (Lipinski definition) is 0. The maximum Gasteiger partial charge on any atom is 0.181 e. The standard InChI is InChI=1S/C7H6N4/c1-2-11-5-10-7-6(11)3-8-4-9-7/h2-5H,1H2. The summed E-state index contributed by atoms with van der Waals surface area (Å²) in [4.78, 5) is 11.9. The van der Waals surface area contributed by atoms with E-state index in [2.05, 4.69) is 21.5 Å². The number of nitrogens with zero attached hydrogens (tertiary/aromatic N) is 4. The summed E-state index contributed by atoms with van der Waals surface area (Å²) in [5, 5.41) is 0. The fourth-order valence-corrected chi connectivity index (χ4v) is 0.922. The maximum atomic E-state index is 4.03. The summed E-state index contributed by atoms with van der Waals surface area (Å²) in [6, 6.07) is 0. The van der Waals surface area contributed by atoms with Crippen molar-refractivity contribution in [2.75, 3.05) is 0 Å². The number of imidazole rings is 1. The normalized spacial score (nSPS) is 10.2. The molecule has 0 saturated heterocycles. The van der Waals surface area contributed by atoms with Gasteiger partial charge in [0, 0.05) is 6.20 Å². The molecule has 2 aromatic rings. The minimum absolute atomic E-state index is 0.694. The van der Waals surface area contributed by atoms with Crippen LogP contribution in [0.25, 0.3) is 17.4 Å². The molecule has 0 aromatic carbocycles. The molecular formula is C7H6N4. The molecule has 0 amide bonds. The van der Waals surface area contributed by atoms with E-state index in [9.17, 15) is 0 Å². The third-order valence-corrected chi connectivity index (χ3v) is 1.45. The monoisotopic (exact) mass is 146 g/mol. The first-order valence-corrected chi connectivity index (χ1v) is 3.17. The fourth-order valence-electron chi connectivity index (χ4n) is 0.922. The topological polar surface area (TPSA) is 43.6 Å². The van der Waals surface area contributed by atoms with Gasteiger partial charge in [0.2, 0.25) is 0 Å². The molecule has 2 rings (SSSR count). The minimum Gasteiger partial charge on any atom is -0.304 e. The first-order valence-electron chi connectivity index (χ1n) is 3.17. The lowest BCUT2D eigenvalue weighted by molar-refractivity contribution is 1.17. The predicted octanol–water partition coefficient (Wildman–Crippen LogP) is 0.927. The Morgan fingerprint density at radius 1 is 1.45 bits per heavy atom. The highest BCUT2D eigenvalue weighted by Gasteiger charge is 1.98. The van der Waals surface area contributed by atoms with Crippen molar-refractivity contribution in [3.05, 3.63) is 25.4 Å². The van der Waals surface area contributed by atoms with Crippen LogP contribution in [0, 0.1) is 0 Å². The Morgan fingerprint density at radius 2 is 2.36 bits per heavy atom. The molecule has 54 valence electrons. The summed E-state index contributed by atoms with van der Waals surface area (Å²) < 4.78 is 1.77. The Hall–Kier alpha value is -1.71. The Labute approximate surface area is 63.2 Å². The minimum atomic E-state index is 0.694. The van der Waals surface area contributed by atoms with Crippen molar-refractivity contribution in [3.63, 3.8) is 0 Å². The summed E-state index contributed by atoms with van der Waals surface area (Å²) in [5.41, 5.74) is 1.57. The predicted molar refractivity (Wildman–Crippen MR) is 41.7 cm³/mol. The van der Waals surface area contributed by atoms with Crippen LogP contribution in [-0.4, -0.2) is 19.5 Å². The molecule has 0 saturated carbocycles. The second-order valence-electron chi connectivity index (χ2n) is 2.07. The highest BCUT2D eigenvalue weighted by atomic mass is 15.1. The van der Waals surface area contributed by atoms with Gasteiger partial charge >= 0.3 is 0 Å². The van der Waals surface area contributed by atoms with Gasteiger partial charge in [-0.1, -0.05) is 6.58 Å². The van der Waals surface area contributed by atoms with Gasteiger partial charge in [0.25, 0.3) is 0 Å². The van der Waals surface area contributed by atoms with Crippen molar-refractivity contribution in [3.8, 4) is 0 Å². The van der Waals surface area contributed by atoms with Gasteiger partial charge in [-0.2, -0.15) is 0 Å². The molecule has 2 heterocycles. The van der Waals surface area contributed by atoms with E-state index in [-0.39, 0.29) is 0 Å².